The van der Waals surface area contributed by atoms with Gasteiger partial charge in [0.1, 0.15) is 5.58 Å². The number of nitrogens with one attached hydrogen (secondary N) is 1. The van der Waals surface area contributed by atoms with Gasteiger partial charge < -0.3 is 9.32 Å². The summed E-state index contributed by atoms with van der Waals surface area (Å²) in [6.45, 7) is 8.08. The second-order valence-electron chi connectivity index (χ2n) is 6.02. The van der Waals surface area contributed by atoms with E-state index in [4.69, 9.17) is 4.42 Å². The van der Waals surface area contributed by atoms with Crippen LogP contribution in [0, 0.1) is 6.92 Å². The lowest BCUT2D eigenvalue weighted by Gasteiger charge is -2.20. The number of amides is 1. The van der Waals surface area contributed by atoms with Crippen LogP contribution in [0.3, 0.4) is 0 Å². The van der Waals surface area contributed by atoms with Crippen LogP contribution in [0.15, 0.2) is 58.0 Å². The van der Waals surface area contributed by atoms with Crippen LogP contribution in [-0.2, 0) is 0 Å². The van der Waals surface area contributed by atoms with Crippen LogP contribution in [-0.4, -0.2) is 25.2 Å². The summed E-state index contributed by atoms with van der Waals surface area (Å²) in [5.41, 5.74) is 6.15. The van der Waals surface area contributed by atoms with Gasteiger partial charge >= 0.3 is 5.91 Å². The third-order valence-corrected chi connectivity index (χ3v) is 4.45. The Hall–Kier alpha value is -3.08. The van der Waals surface area contributed by atoms with Crippen LogP contribution in [0.2, 0.25) is 0 Å². The Morgan fingerprint density at radius 1 is 1.12 bits per heavy atom. The standard InChI is InChI=1S/C21H23N3O2/c1-4-24(5-2)17-12-10-16(11-13-17)14-22-23-21(25)20-15(3)18-8-6-7-9-19(18)26-20/h6-14H,4-5H2,1-3H3,(H,23,25)/b22-14-. The Bertz CT molecular complexity index is 922. The van der Waals surface area contributed by atoms with Crippen LogP contribution in [0.4, 0.5) is 5.69 Å². The van der Waals surface area contributed by atoms with E-state index in [-0.39, 0.29) is 5.91 Å². The van der Waals surface area contributed by atoms with Crippen molar-refractivity contribution in [3.63, 3.8) is 0 Å². The highest BCUT2D eigenvalue weighted by molar-refractivity contribution is 5.99. The number of rotatable bonds is 6. The molecule has 1 heterocycles. The molecule has 0 aliphatic carbocycles. The van der Waals surface area contributed by atoms with Crippen molar-refractivity contribution in [1.29, 1.82) is 0 Å². The minimum atomic E-state index is -0.352. The van der Waals surface area contributed by atoms with Gasteiger partial charge in [-0.05, 0) is 44.5 Å². The van der Waals surface area contributed by atoms with Gasteiger partial charge in [0, 0.05) is 29.7 Å². The van der Waals surface area contributed by atoms with Crippen molar-refractivity contribution in [1.82, 2.24) is 5.43 Å². The van der Waals surface area contributed by atoms with Crippen molar-refractivity contribution in [2.24, 2.45) is 5.10 Å². The number of fused-ring (bicyclic) bond motifs is 1. The molecule has 0 fully saturated rings. The highest BCUT2D eigenvalue weighted by atomic mass is 16.3. The van der Waals surface area contributed by atoms with E-state index in [1.807, 2.05) is 43.3 Å². The molecule has 3 aromatic rings. The van der Waals surface area contributed by atoms with Gasteiger partial charge in [-0.2, -0.15) is 5.10 Å². The number of furan rings is 1. The summed E-state index contributed by atoms with van der Waals surface area (Å²) in [6.07, 6.45) is 1.63. The van der Waals surface area contributed by atoms with E-state index in [0.717, 1.165) is 29.6 Å². The second kappa shape index (κ2) is 7.87. The number of para-hydroxylation sites is 1. The summed E-state index contributed by atoms with van der Waals surface area (Å²) in [5.74, 6) is -0.0602. The molecule has 0 saturated carbocycles. The number of anilines is 1. The van der Waals surface area contributed by atoms with E-state index in [1.54, 1.807) is 6.21 Å². The van der Waals surface area contributed by atoms with E-state index >= 15 is 0 Å². The maximum Gasteiger partial charge on any atom is 0.307 e. The SMILES string of the molecule is CCN(CC)c1ccc(/C=N\NC(=O)c2oc3ccccc3c2C)cc1. The number of aryl methyl sites for hydroxylation is 1. The van der Waals surface area contributed by atoms with E-state index in [2.05, 4.69) is 41.4 Å². The van der Waals surface area contributed by atoms with Gasteiger partial charge in [-0.1, -0.05) is 30.3 Å². The summed E-state index contributed by atoms with van der Waals surface area (Å²) >= 11 is 0. The molecule has 0 aliphatic heterocycles. The molecule has 3 rings (SSSR count). The maximum absolute atomic E-state index is 12.3. The second-order valence-corrected chi connectivity index (χ2v) is 6.02. The summed E-state index contributed by atoms with van der Waals surface area (Å²) in [5, 5.41) is 4.98. The summed E-state index contributed by atoms with van der Waals surface area (Å²) in [6, 6.07) is 15.7. The van der Waals surface area contributed by atoms with Gasteiger partial charge in [0.05, 0.1) is 6.21 Å². The third-order valence-electron chi connectivity index (χ3n) is 4.45. The molecule has 1 amide bonds. The number of hydrogen-bond acceptors (Lipinski definition) is 4. The van der Waals surface area contributed by atoms with Crippen LogP contribution in [0.25, 0.3) is 11.0 Å². The molecule has 0 aliphatic rings. The van der Waals surface area contributed by atoms with Crippen LogP contribution >= 0.6 is 0 Å². The van der Waals surface area contributed by atoms with E-state index in [9.17, 15) is 4.79 Å². The maximum atomic E-state index is 12.3. The first-order valence-corrected chi connectivity index (χ1v) is 8.80. The highest BCUT2D eigenvalue weighted by Gasteiger charge is 2.16. The van der Waals surface area contributed by atoms with Crippen molar-refractivity contribution in [2.45, 2.75) is 20.8 Å². The topological polar surface area (TPSA) is 57.8 Å². The van der Waals surface area contributed by atoms with Crippen molar-refractivity contribution in [3.05, 3.63) is 65.4 Å². The highest BCUT2D eigenvalue weighted by Crippen LogP contribution is 2.24. The van der Waals surface area contributed by atoms with Crippen molar-refractivity contribution < 1.29 is 9.21 Å². The number of carbonyl (C=O) groups is 1. The molecular formula is C21H23N3O2. The molecule has 0 unspecified atom stereocenters. The molecule has 1 N–H and O–H groups in total. The molecule has 1 aromatic heterocycles. The van der Waals surface area contributed by atoms with Crippen LogP contribution in [0.1, 0.15) is 35.5 Å². The fourth-order valence-corrected chi connectivity index (χ4v) is 2.97. The number of carbonyl (C=O) groups excluding carboxylic acids is 1. The van der Waals surface area contributed by atoms with Gasteiger partial charge in [-0.25, -0.2) is 5.43 Å². The minimum Gasteiger partial charge on any atom is -0.451 e. The lowest BCUT2D eigenvalue weighted by molar-refractivity contribution is 0.0929. The predicted molar refractivity (Wildman–Crippen MR) is 106 cm³/mol. The fourth-order valence-electron chi connectivity index (χ4n) is 2.97. The smallest absolute Gasteiger partial charge is 0.307 e. The Kier molecular flexibility index (Phi) is 5.37. The fraction of sp³-hybridized carbons (Fsp3) is 0.238. The first-order chi connectivity index (χ1) is 12.6. The molecule has 134 valence electrons. The summed E-state index contributed by atoms with van der Waals surface area (Å²) in [7, 11) is 0. The number of hydrazone groups is 1. The molecule has 0 bridgehead atoms. The Morgan fingerprint density at radius 3 is 2.46 bits per heavy atom. The monoisotopic (exact) mass is 349 g/mol. The average Bonchev–Trinajstić information content (AvgIpc) is 3.01. The lowest BCUT2D eigenvalue weighted by atomic mass is 10.1. The van der Waals surface area contributed by atoms with Crippen molar-refractivity contribution >= 4 is 28.8 Å². The molecular weight excluding hydrogens is 326 g/mol. The molecule has 0 atom stereocenters. The Balaban J connectivity index is 1.68. The van der Waals surface area contributed by atoms with Crippen LogP contribution < -0.4 is 10.3 Å². The Morgan fingerprint density at radius 2 is 1.81 bits per heavy atom. The van der Waals surface area contributed by atoms with E-state index < -0.39 is 0 Å². The van der Waals surface area contributed by atoms with Crippen molar-refractivity contribution in [3.8, 4) is 0 Å². The number of benzene rings is 2. The molecule has 0 saturated heterocycles. The average molecular weight is 349 g/mol. The van der Waals surface area contributed by atoms with E-state index in [0.29, 0.717) is 11.3 Å². The van der Waals surface area contributed by atoms with Gasteiger partial charge in [-0.3, -0.25) is 4.79 Å². The van der Waals surface area contributed by atoms with Gasteiger partial charge in [0.25, 0.3) is 0 Å². The van der Waals surface area contributed by atoms with Crippen molar-refractivity contribution in [2.75, 3.05) is 18.0 Å². The minimum absolute atomic E-state index is 0.292. The Labute approximate surface area is 153 Å². The summed E-state index contributed by atoms with van der Waals surface area (Å²) in [4.78, 5) is 14.6. The molecule has 2 aromatic carbocycles. The van der Waals surface area contributed by atoms with Gasteiger partial charge in [-0.15, -0.1) is 0 Å². The molecule has 0 radical (unpaired) electrons. The predicted octanol–water partition coefficient (Wildman–Crippen LogP) is 4.35. The quantitative estimate of drug-likeness (QED) is 0.532. The van der Waals surface area contributed by atoms with Gasteiger partial charge in [0.2, 0.25) is 0 Å². The number of hydrogen-bond donors (Lipinski definition) is 1. The first kappa shape index (κ1) is 17.7. The molecule has 5 heteroatoms. The molecule has 5 nitrogen and oxygen atoms in total. The third kappa shape index (κ3) is 3.61. The zero-order valence-electron chi connectivity index (χ0n) is 15.3. The molecule has 0 spiro atoms. The van der Waals surface area contributed by atoms with E-state index in [1.165, 1.54) is 5.69 Å². The normalized spacial score (nSPS) is 11.2. The zero-order chi connectivity index (χ0) is 18.5. The first-order valence-electron chi connectivity index (χ1n) is 8.80. The lowest BCUT2D eigenvalue weighted by Crippen LogP contribution is -2.21. The number of nitrogens with zero attached hydrogens (tertiary/aromatic N) is 2. The molecule has 26 heavy (non-hydrogen) atoms. The van der Waals surface area contributed by atoms with Gasteiger partial charge in [0.15, 0.2) is 5.76 Å². The zero-order valence-corrected chi connectivity index (χ0v) is 15.3. The summed E-state index contributed by atoms with van der Waals surface area (Å²) < 4.78 is 5.64. The largest absolute Gasteiger partial charge is 0.451 e. The van der Waals surface area contributed by atoms with Crippen LogP contribution in [0.5, 0.6) is 0 Å².